The van der Waals surface area contributed by atoms with Crippen molar-refractivity contribution in [2.24, 2.45) is 0 Å². The summed E-state index contributed by atoms with van der Waals surface area (Å²) in [6.45, 7) is 6.41. The fourth-order valence-electron chi connectivity index (χ4n) is 2.91. The van der Waals surface area contributed by atoms with Crippen molar-refractivity contribution in [1.82, 2.24) is 0 Å². The highest BCUT2D eigenvalue weighted by atomic mass is 32.1. The van der Waals surface area contributed by atoms with E-state index in [1.807, 2.05) is 36.4 Å². The summed E-state index contributed by atoms with van der Waals surface area (Å²) in [5, 5.41) is 12.5. The molecule has 2 aromatic heterocycles. The van der Waals surface area contributed by atoms with E-state index in [0.717, 1.165) is 11.4 Å². The van der Waals surface area contributed by atoms with Gasteiger partial charge in [0.25, 0.3) is 0 Å². The van der Waals surface area contributed by atoms with Gasteiger partial charge in [0.15, 0.2) is 6.04 Å². The number of nitrogens with one attached hydrogen (secondary N) is 1. The Hall–Kier alpha value is -2.60. The Balaban J connectivity index is 1.74. The molecule has 148 valence electrons. The molecule has 2 heterocycles. The van der Waals surface area contributed by atoms with Gasteiger partial charge < -0.3 is 19.3 Å². The first-order valence-electron chi connectivity index (χ1n) is 9.14. The first-order chi connectivity index (χ1) is 13.2. The highest BCUT2D eigenvalue weighted by Crippen LogP contribution is 2.30. The molecule has 0 saturated heterocycles. The molecule has 0 fully saturated rings. The molecule has 0 aliphatic heterocycles. The van der Waals surface area contributed by atoms with Crippen molar-refractivity contribution in [3.8, 4) is 0 Å². The molecular formula is C22H25NO4S. The third-order valence-corrected chi connectivity index (χ3v) is 4.98. The summed E-state index contributed by atoms with van der Waals surface area (Å²) in [5.41, 5.74) is 1.94. The van der Waals surface area contributed by atoms with Crippen molar-refractivity contribution in [3.63, 3.8) is 0 Å². The van der Waals surface area contributed by atoms with E-state index in [0.29, 0.717) is 17.9 Å². The van der Waals surface area contributed by atoms with E-state index in [9.17, 15) is 9.90 Å². The first-order valence-corrected chi connectivity index (χ1v) is 9.65. The van der Waals surface area contributed by atoms with Crippen LogP contribution in [0.5, 0.6) is 0 Å². The predicted molar refractivity (Wildman–Crippen MR) is 112 cm³/mol. The zero-order chi connectivity index (χ0) is 20.3. The minimum Gasteiger partial charge on any atom is -0.479 e. The molecule has 5 nitrogen and oxygen atoms in total. The van der Waals surface area contributed by atoms with Gasteiger partial charge in [0.1, 0.15) is 17.3 Å². The number of hydrogen-bond acceptors (Lipinski definition) is 5. The maximum Gasteiger partial charge on any atom is 0.334 e. The number of hydrogen-bond donors (Lipinski definition) is 3. The van der Waals surface area contributed by atoms with Crippen LogP contribution in [-0.4, -0.2) is 11.1 Å². The smallest absolute Gasteiger partial charge is 0.334 e. The Morgan fingerprint density at radius 1 is 1.11 bits per heavy atom. The van der Waals surface area contributed by atoms with Crippen LogP contribution in [0.1, 0.15) is 54.9 Å². The molecule has 0 aliphatic carbocycles. The number of furan rings is 2. The van der Waals surface area contributed by atoms with Gasteiger partial charge in [0.2, 0.25) is 0 Å². The maximum atomic E-state index is 11.8. The summed E-state index contributed by atoms with van der Waals surface area (Å²) in [6.07, 6.45) is 2.17. The van der Waals surface area contributed by atoms with Crippen molar-refractivity contribution in [3.05, 3.63) is 77.6 Å². The lowest BCUT2D eigenvalue weighted by atomic mass is 9.87. The predicted octanol–water partition coefficient (Wildman–Crippen LogP) is 5.62. The number of rotatable bonds is 7. The van der Waals surface area contributed by atoms with Gasteiger partial charge in [0, 0.05) is 12.1 Å². The number of aliphatic carboxylic acids is 1. The second-order valence-corrected chi connectivity index (χ2v) is 8.41. The van der Waals surface area contributed by atoms with E-state index < -0.39 is 12.0 Å². The van der Waals surface area contributed by atoms with Crippen molar-refractivity contribution in [2.45, 2.75) is 43.9 Å². The first kappa shape index (κ1) is 20.1. The third kappa shape index (κ3) is 4.81. The Labute approximate surface area is 170 Å². The molecule has 28 heavy (non-hydrogen) atoms. The van der Waals surface area contributed by atoms with Crippen LogP contribution in [-0.2, 0) is 16.6 Å². The van der Waals surface area contributed by atoms with Gasteiger partial charge >= 0.3 is 5.97 Å². The van der Waals surface area contributed by atoms with Crippen LogP contribution >= 0.6 is 12.6 Å². The van der Waals surface area contributed by atoms with Gasteiger partial charge in [-0.1, -0.05) is 32.9 Å². The largest absolute Gasteiger partial charge is 0.479 e. The topological polar surface area (TPSA) is 75.6 Å². The van der Waals surface area contributed by atoms with Gasteiger partial charge in [-0.05, 0) is 47.4 Å². The SMILES string of the molecule is CC(C)(C)c1ccc(NC(C(=O)O)c2ccc(C(S)Cc3ccco3)o2)cc1. The minimum atomic E-state index is -1.01. The fourth-order valence-corrected chi connectivity index (χ4v) is 3.23. The summed E-state index contributed by atoms with van der Waals surface area (Å²) < 4.78 is 11.1. The average molecular weight is 400 g/mol. The van der Waals surface area contributed by atoms with Gasteiger partial charge in [-0.3, -0.25) is 0 Å². The molecule has 0 bridgehead atoms. The molecule has 1 aromatic carbocycles. The van der Waals surface area contributed by atoms with E-state index >= 15 is 0 Å². The standard InChI is InChI=1S/C22H25NO4S/c1-22(2,3)14-6-8-15(9-7-14)23-20(21(24)25)18-11-10-17(27-18)19(28)13-16-5-4-12-26-16/h4-12,19-20,23,28H,13H2,1-3H3,(H,24,25). The number of carboxylic acid groups (broad SMARTS) is 1. The lowest BCUT2D eigenvalue weighted by Crippen LogP contribution is -2.20. The molecule has 0 saturated carbocycles. The zero-order valence-electron chi connectivity index (χ0n) is 16.2. The molecule has 0 aliphatic rings. The molecular weight excluding hydrogens is 374 g/mol. The Morgan fingerprint density at radius 2 is 1.79 bits per heavy atom. The summed E-state index contributed by atoms with van der Waals surface area (Å²) in [4.78, 5) is 11.8. The molecule has 3 aromatic rings. The molecule has 2 unspecified atom stereocenters. The van der Waals surface area contributed by atoms with Gasteiger partial charge in [-0.2, -0.15) is 12.6 Å². The lowest BCUT2D eigenvalue weighted by Gasteiger charge is -2.20. The van der Waals surface area contributed by atoms with E-state index in [4.69, 9.17) is 8.83 Å². The molecule has 2 N–H and O–H groups in total. The van der Waals surface area contributed by atoms with Gasteiger partial charge in [-0.25, -0.2) is 4.79 Å². The molecule has 3 rings (SSSR count). The summed E-state index contributed by atoms with van der Waals surface area (Å²) in [5.74, 6) is 0.721. The number of carboxylic acids is 1. The Morgan fingerprint density at radius 3 is 2.36 bits per heavy atom. The molecule has 6 heteroatoms. The highest BCUT2D eigenvalue weighted by molar-refractivity contribution is 7.80. The van der Waals surface area contributed by atoms with Crippen molar-refractivity contribution < 1.29 is 18.7 Å². The summed E-state index contributed by atoms with van der Waals surface area (Å²) in [6, 6.07) is 13.9. The van der Waals surface area contributed by atoms with Crippen LogP contribution in [0.15, 0.2) is 63.6 Å². The number of benzene rings is 1. The van der Waals surface area contributed by atoms with Gasteiger partial charge in [0.05, 0.1) is 11.5 Å². The maximum absolute atomic E-state index is 11.8. The van der Waals surface area contributed by atoms with Crippen molar-refractivity contribution in [2.75, 3.05) is 5.32 Å². The van der Waals surface area contributed by atoms with Gasteiger partial charge in [-0.15, -0.1) is 0 Å². The second kappa shape index (κ2) is 8.19. The average Bonchev–Trinajstić information content (AvgIpc) is 3.31. The van der Waals surface area contributed by atoms with Crippen LogP contribution < -0.4 is 5.32 Å². The van der Waals surface area contributed by atoms with Crippen LogP contribution in [0.2, 0.25) is 0 Å². The van der Waals surface area contributed by atoms with Crippen LogP contribution in [0.25, 0.3) is 0 Å². The fraction of sp³-hybridized carbons (Fsp3) is 0.318. The normalized spacial score (nSPS) is 13.9. The molecule has 0 amide bonds. The minimum absolute atomic E-state index is 0.0379. The third-order valence-electron chi connectivity index (χ3n) is 4.54. The zero-order valence-corrected chi connectivity index (χ0v) is 17.1. The van der Waals surface area contributed by atoms with E-state index in [2.05, 4.69) is 38.7 Å². The van der Waals surface area contributed by atoms with Crippen molar-refractivity contribution >= 4 is 24.3 Å². The number of carbonyl (C=O) groups is 1. The summed E-state index contributed by atoms with van der Waals surface area (Å²) >= 11 is 4.56. The number of thiol groups is 1. The Kier molecular flexibility index (Phi) is 5.89. The lowest BCUT2D eigenvalue weighted by molar-refractivity contribution is -0.138. The van der Waals surface area contributed by atoms with E-state index in [1.165, 1.54) is 5.56 Å². The number of anilines is 1. The Bertz CT molecular complexity index is 907. The van der Waals surface area contributed by atoms with Crippen LogP contribution in [0.4, 0.5) is 5.69 Å². The van der Waals surface area contributed by atoms with Crippen molar-refractivity contribution in [1.29, 1.82) is 0 Å². The molecule has 0 radical (unpaired) electrons. The quantitative estimate of drug-likeness (QED) is 0.450. The van der Waals surface area contributed by atoms with E-state index in [1.54, 1.807) is 18.4 Å². The highest BCUT2D eigenvalue weighted by Gasteiger charge is 2.25. The molecule has 2 atom stereocenters. The van der Waals surface area contributed by atoms with Crippen LogP contribution in [0, 0.1) is 0 Å². The second-order valence-electron chi connectivity index (χ2n) is 7.78. The van der Waals surface area contributed by atoms with E-state index in [-0.39, 0.29) is 10.7 Å². The van der Waals surface area contributed by atoms with Crippen LogP contribution in [0.3, 0.4) is 0 Å². The summed E-state index contributed by atoms with van der Waals surface area (Å²) in [7, 11) is 0. The molecule has 0 spiro atoms. The monoisotopic (exact) mass is 399 g/mol.